The molecule has 1 amide bonds. The molecule has 0 aliphatic heterocycles. The largest absolute Gasteiger partial charge is 0.477 e. The van der Waals surface area contributed by atoms with Gasteiger partial charge in [-0.2, -0.15) is 0 Å². The van der Waals surface area contributed by atoms with Gasteiger partial charge in [0.05, 0.1) is 10.6 Å². The summed E-state index contributed by atoms with van der Waals surface area (Å²) >= 11 is 5.80. The van der Waals surface area contributed by atoms with Gasteiger partial charge in [0.1, 0.15) is 0 Å². The molecule has 2 aromatic carbocycles. The number of ether oxygens (including phenoxy) is 1. The molecule has 7 nitrogen and oxygen atoms in total. The van der Waals surface area contributed by atoms with Gasteiger partial charge in [-0.15, -0.1) is 0 Å². The summed E-state index contributed by atoms with van der Waals surface area (Å²) in [5.41, 5.74) is 6.81. The lowest BCUT2D eigenvalue weighted by atomic mass is 10.2. The van der Waals surface area contributed by atoms with Crippen LogP contribution in [0.25, 0.3) is 5.70 Å². The van der Waals surface area contributed by atoms with Gasteiger partial charge in [0.15, 0.2) is 12.4 Å². The second-order valence-electron chi connectivity index (χ2n) is 5.18. The van der Waals surface area contributed by atoms with Gasteiger partial charge in [0.25, 0.3) is 5.91 Å². The molecule has 25 heavy (non-hydrogen) atoms. The van der Waals surface area contributed by atoms with Crippen molar-refractivity contribution in [2.45, 2.75) is 6.92 Å². The Morgan fingerprint density at radius 3 is 2.56 bits per heavy atom. The third-order valence-corrected chi connectivity index (χ3v) is 3.47. The number of benzene rings is 2. The standard InChI is InChI=1S/C17H16ClN3O4/c1-11-3-8-16(15(9-11)21(23)24)25-10-17(22)20-19-12(2)13-4-6-14(18)7-5-13/h3-9,19H,2,10H2,1H3,(H,20,22). The predicted octanol–water partition coefficient (Wildman–Crippen LogP) is 3.23. The summed E-state index contributed by atoms with van der Waals surface area (Å²) in [5, 5.41) is 11.6. The Hall–Kier alpha value is -3.06. The van der Waals surface area contributed by atoms with Crippen LogP contribution in [0.15, 0.2) is 49.0 Å². The molecule has 0 aliphatic carbocycles. The fourth-order valence-corrected chi connectivity index (χ4v) is 2.07. The number of aryl methyl sites for hydroxylation is 1. The minimum Gasteiger partial charge on any atom is -0.477 e. The van der Waals surface area contributed by atoms with Crippen molar-refractivity contribution in [3.63, 3.8) is 0 Å². The number of hydrogen-bond donors (Lipinski definition) is 2. The maximum atomic E-state index is 11.8. The molecule has 0 atom stereocenters. The zero-order valence-electron chi connectivity index (χ0n) is 13.4. The Kier molecular flexibility index (Phi) is 5.97. The molecule has 0 radical (unpaired) electrons. The van der Waals surface area contributed by atoms with Crippen molar-refractivity contribution in [2.24, 2.45) is 0 Å². The van der Waals surface area contributed by atoms with E-state index in [1.807, 2.05) is 0 Å². The first-order valence-corrected chi connectivity index (χ1v) is 7.62. The van der Waals surface area contributed by atoms with Crippen LogP contribution >= 0.6 is 11.6 Å². The number of nitro groups is 1. The third kappa shape index (κ3) is 5.22. The molecule has 0 aromatic heterocycles. The summed E-state index contributed by atoms with van der Waals surface area (Å²) in [6, 6.07) is 11.4. The average Bonchev–Trinajstić information content (AvgIpc) is 2.59. The van der Waals surface area contributed by atoms with Crippen LogP contribution in [-0.2, 0) is 4.79 Å². The van der Waals surface area contributed by atoms with Crippen molar-refractivity contribution < 1.29 is 14.5 Å². The maximum absolute atomic E-state index is 11.8. The number of rotatable bonds is 7. The second kappa shape index (κ2) is 8.16. The third-order valence-electron chi connectivity index (χ3n) is 3.22. The molecule has 0 saturated carbocycles. The van der Waals surface area contributed by atoms with Crippen LogP contribution in [0.2, 0.25) is 5.02 Å². The van der Waals surface area contributed by atoms with Gasteiger partial charge in [-0.25, -0.2) is 0 Å². The van der Waals surface area contributed by atoms with Crippen molar-refractivity contribution in [1.82, 2.24) is 10.9 Å². The molecule has 0 bridgehead atoms. The first-order chi connectivity index (χ1) is 11.9. The van der Waals surface area contributed by atoms with E-state index in [9.17, 15) is 14.9 Å². The summed E-state index contributed by atoms with van der Waals surface area (Å²) in [7, 11) is 0. The van der Waals surface area contributed by atoms with Gasteiger partial charge in [0, 0.05) is 11.1 Å². The van der Waals surface area contributed by atoms with E-state index in [-0.39, 0.29) is 18.0 Å². The molecule has 0 fully saturated rings. The highest BCUT2D eigenvalue weighted by atomic mass is 35.5. The number of nitrogens with zero attached hydrogens (tertiary/aromatic N) is 1. The van der Waals surface area contributed by atoms with E-state index in [1.54, 1.807) is 37.3 Å². The minimum atomic E-state index is -0.555. The van der Waals surface area contributed by atoms with E-state index in [4.69, 9.17) is 16.3 Å². The van der Waals surface area contributed by atoms with Gasteiger partial charge in [-0.3, -0.25) is 25.8 Å². The Bertz CT molecular complexity index is 806. The smallest absolute Gasteiger partial charge is 0.311 e. The highest BCUT2D eigenvalue weighted by Gasteiger charge is 2.16. The van der Waals surface area contributed by atoms with Crippen LogP contribution in [0.3, 0.4) is 0 Å². The number of carbonyl (C=O) groups excluding carboxylic acids is 1. The summed E-state index contributed by atoms with van der Waals surface area (Å²) in [6.07, 6.45) is 0. The molecule has 0 spiro atoms. The van der Waals surface area contributed by atoms with Crippen molar-refractivity contribution in [3.05, 3.63) is 75.3 Å². The highest BCUT2D eigenvalue weighted by molar-refractivity contribution is 6.30. The van der Waals surface area contributed by atoms with Gasteiger partial charge >= 0.3 is 5.69 Å². The number of nitrogens with one attached hydrogen (secondary N) is 2. The molecule has 8 heteroatoms. The normalized spacial score (nSPS) is 10.0. The van der Waals surface area contributed by atoms with Crippen molar-refractivity contribution in [3.8, 4) is 5.75 Å². The van der Waals surface area contributed by atoms with Crippen molar-refractivity contribution in [2.75, 3.05) is 6.61 Å². The molecule has 2 aromatic rings. The van der Waals surface area contributed by atoms with Gasteiger partial charge < -0.3 is 4.74 Å². The van der Waals surface area contributed by atoms with E-state index in [2.05, 4.69) is 17.4 Å². The van der Waals surface area contributed by atoms with E-state index < -0.39 is 10.8 Å². The Balaban J connectivity index is 1.88. The van der Waals surface area contributed by atoms with Crippen LogP contribution in [0.1, 0.15) is 11.1 Å². The molecule has 0 aliphatic rings. The van der Waals surface area contributed by atoms with Crippen LogP contribution in [-0.4, -0.2) is 17.4 Å². The van der Waals surface area contributed by atoms with Crippen LogP contribution in [0.4, 0.5) is 5.69 Å². The lowest BCUT2D eigenvalue weighted by molar-refractivity contribution is -0.385. The minimum absolute atomic E-state index is 0.0299. The van der Waals surface area contributed by atoms with Gasteiger partial charge in [-0.1, -0.05) is 36.4 Å². The highest BCUT2D eigenvalue weighted by Crippen LogP contribution is 2.27. The Morgan fingerprint density at radius 2 is 1.92 bits per heavy atom. The van der Waals surface area contributed by atoms with Crippen molar-refractivity contribution >= 4 is 28.9 Å². The molecule has 2 rings (SSSR count). The zero-order chi connectivity index (χ0) is 18.4. The second-order valence-corrected chi connectivity index (χ2v) is 5.61. The number of hydrazine groups is 1. The topological polar surface area (TPSA) is 93.5 Å². The SMILES string of the molecule is C=C(NNC(=O)COc1ccc(C)cc1[N+](=O)[O-])c1ccc(Cl)cc1. The van der Waals surface area contributed by atoms with E-state index in [0.29, 0.717) is 10.7 Å². The summed E-state index contributed by atoms with van der Waals surface area (Å²) < 4.78 is 5.23. The van der Waals surface area contributed by atoms with E-state index in [0.717, 1.165) is 11.1 Å². The molecule has 0 saturated heterocycles. The number of halogens is 1. The number of amides is 1. The predicted molar refractivity (Wildman–Crippen MR) is 95.1 cm³/mol. The molecular weight excluding hydrogens is 346 g/mol. The Labute approximate surface area is 149 Å². The van der Waals surface area contributed by atoms with Crippen molar-refractivity contribution in [1.29, 1.82) is 0 Å². The van der Waals surface area contributed by atoms with Gasteiger partial charge in [0.2, 0.25) is 0 Å². The molecular formula is C17H16ClN3O4. The Morgan fingerprint density at radius 1 is 1.24 bits per heavy atom. The summed E-state index contributed by atoms with van der Waals surface area (Å²) in [6.45, 7) is 5.14. The molecule has 130 valence electrons. The van der Waals surface area contributed by atoms with Crippen LogP contribution < -0.4 is 15.6 Å². The lowest BCUT2D eigenvalue weighted by Crippen LogP contribution is -2.39. The average molecular weight is 362 g/mol. The van der Waals surface area contributed by atoms with Crippen LogP contribution in [0.5, 0.6) is 5.75 Å². The fourth-order valence-electron chi connectivity index (χ4n) is 1.94. The number of hydrogen-bond acceptors (Lipinski definition) is 5. The summed E-state index contributed by atoms with van der Waals surface area (Å²) in [4.78, 5) is 22.3. The molecule has 0 unspecified atom stereocenters. The molecule has 0 heterocycles. The lowest BCUT2D eigenvalue weighted by Gasteiger charge is -2.12. The fraction of sp³-hybridized carbons (Fsp3) is 0.118. The zero-order valence-corrected chi connectivity index (χ0v) is 14.2. The monoisotopic (exact) mass is 361 g/mol. The molecule has 2 N–H and O–H groups in total. The first kappa shape index (κ1) is 18.3. The number of carbonyl (C=O) groups is 1. The maximum Gasteiger partial charge on any atom is 0.311 e. The first-order valence-electron chi connectivity index (χ1n) is 7.24. The van der Waals surface area contributed by atoms with Gasteiger partial charge in [-0.05, 0) is 36.2 Å². The van der Waals surface area contributed by atoms with E-state index in [1.165, 1.54) is 12.1 Å². The number of nitro benzene ring substituents is 1. The summed E-state index contributed by atoms with van der Waals surface area (Å²) in [5.74, 6) is -0.479. The van der Waals surface area contributed by atoms with E-state index >= 15 is 0 Å². The quantitative estimate of drug-likeness (QED) is 0.583. The van der Waals surface area contributed by atoms with Crippen LogP contribution in [0, 0.1) is 17.0 Å².